The lowest BCUT2D eigenvalue weighted by Crippen LogP contribution is -2.28. The monoisotopic (exact) mass is 660 g/mol. The molecule has 6 aromatic rings. The number of nitrogen functional groups attached to an aromatic ring is 2. The van der Waals surface area contributed by atoms with E-state index in [0.29, 0.717) is 45.3 Å². The Balaban J connectivity index is 1.47. The first-order chi connectivity index (χ1) is 24.7. The van der Waals surface area contributed by atoms with E-state index in [2.05, 4.69) is 23.7 Å². The molecule has 6 heteroatoms. The smallest absolute Gasteiger partial charge is 0.142 e. The Kier molecular flexibility index (Phi) is 7.78. The van der Waals surface area contributed by atoms with Crippen LogP contribution in [-0.4, -0.2) is 10.2 Å². The van der Waals surface area contributed by atoms with Gasteiger partial charge in [-0.3, -0.25) is 0 Å². The molecule has 0 radical (unpaired) electrons. The van der Waals surface area contributed by atoms with Crippen molar-refractivity contribution in [2.45, 2.75) is 5.41 Å². The van der Waals surface area contributed by atoms with Gasteiger partial charge in [-0.15, -0.1) is 25.7 Å². The van der Waals surface area contributed by atoms with Crippen LogP contribution in [-0.2, 0) is 5.41 Å². The lowest BCUT2D eigenvalue weighted by molar-refractivity contribution is 0.456. The number of phenols is 2. The highest BCUT2D eigenvalue weighted by Crippen LogP contribution is 2.59. The van der Waals surface area contributed by atoms with Crippen LogP contribution in [0.25, 0.3) is 11.1 Å². The normalized spacial score (nSPS) is 11.9. The van der Waals surface area contributed by atoms with Gasteiger partial charge in [0.2, 0.25) is 0 Å². The van der Waals surface area contributed by atoms with E-state index in [-0.39, 0.29) is 22.9 Å². The number of hydrogen-bond donors (Lipinski definition) is 4. The van der Waals surface area contributed by atoms with E-state index >= 15 is 0 Å². The number of anilines is 2. The van der Waals surface area contributed by atoms with Crippen molar-refractivity contribution in [2.75, 3.05) is 11.5 Å². The number of aromatic hydroxyl groups is 2. The molecule has 0 unspecified atom stereocenters. The van der Waals surface area contributed by atoms with E-state index in [9.17, 15) is 10.2 Å². The van der Waals surface area contributed by atoms with Crippen molar-refractivity contribution < 1.29 is 19.7 Å². The molecular weight excluding hydrogens is 633 g/mol. The Morgan fingerprint density at radius 2 is 0.843 bits per heavy atom. The van der Waals surface area contributed by atoms with Gasteiger partial charge in [-0.2, -0.15) is 0 Å². The number of nitrogens with two attached hydrogens (primary N) is 2. The second-order valence-electron chi connectivity index (χ2n) is 11.8. The number of hydrogen-bond acceptors (Lipinski definition) is 6. The molecule has 0 spiro atoms. The predicted octanol–water partition coefficient (Wildman–Crippen LogP) is 8.14. The van der Waals surface area contributed by atoms with Crippen LogP contribution in [0.1, 0.15) is 44.5 Å². The number of rotatable bonds is 6. The molecule has 0 saturated carbocycles. The van der Waals surface area contributed by atoms with Crippen LogP contribution in [0.15, 0.2) is 109 Å². The molecule has 0 saturated heterocycles. The summed E-state index contributed by atoms with van der Waals surface area (Å²) in [5.74, 6) is 12.9. The lowest BCUT2D eigenvalue weighted by Gasteiger charge is -2.34. The molecule has 1 aliphatic rings. The number of benzene rings is 6. The third-order valence-corrected chi connectivity index (χ3v) is 9.12. The maximum Gasteiger partial charge on any atom is 0.142 e. The lowest BCUT2D eigenvalue weighted by atomic mass is 9.67. The molecule has 0 aromatic heterocycles. The average molecular weight is 661 g/mol. The zero-order valence-electron chi connectivity index (χ0n) is 27.1. The van der Waals surface area contributed by atoms with E-state index in [0.717, 1.165) is 33.4 Å². The first kappa shape index (κ1) is 31.9. The van der Waals surface area contributed by atoms with Crippen molar-refractivity contribution in [1.29, 1.82) is 0 Å². The third kappa shape index (κ3) is 5.10. The van der Waals surface area contributed by atoms with Crippen molar-refractivity contribution >= 4 is 11.4 Å². The minimum Gasteiger partial charge on any atom is -0.506 e. The maximum absolute atomic E-state index is 10.1. The van der Waals surface area contributed by atoms with Crippen molar-refractivity contribution in [3.05, 3.63) is 154 Å². The molecule has 6 nitrogen and oxygen atoms in total. The van der Waals surface area contributed by atoms with Crippen LogP contribution in [0.3, 0.4) is 0 Å². The largest absolute Gasteiger partial charge is 0.506 e. The van der Waals surface area contributed by atoms with Crippen molar-refractivity contribution in [3.8, 4) is 95.0 Å². The van der Waals surface area contributed by atoms with E-state index in [1.807, 2.05) is 72.8 Å². The minimum absolute atomic E-state index is 0.0748. The van der Waals surface area contributed by atoms with Gasteiger partial charge in [-0.25, -0.2) is 0 Å². The summed E-state index contributed by atoms with van der Waals surface area (Å²) in [6.07, 6.45) is 24.3. The fourth-order valence-corrected chi connectivity index (χ4v) is 6.82. The predicted molar refractivity (Wildman–Crippen MR) is 201 cm³/mol. The molecular formula is C45H28N2O4. The van der Waals surface area contributed by atoms with E-state index in [1.54, 1.807) is 24.3 Å². The van der Waals surface area contributed by atoms with Gasteiger partial charge in [-0.05, 0) is 82.9 Å². The van der Waals surface area contributed by atoms with Gasteiger partial charge in [0.15, 0.2) is 0 Å². The topological polar surface area (TPSA) is 111 Å². The van der Waals surface area contributed by atoms with E-state index < -0.39 is 5.41 Å². The number of terminal acetylenes is 4. The Bertz CT molecular complexity index is 2380. The Morgan fingerprint density at radius 1 is 0.471 bits per heavy atom. The van der Waals surface area contributed by atoms with Crippen LogP contribution >= 0.6 is 0 Å². The van der Waals surface area contributed by atoms with Gasteiger partial charge in [0.05, 0.1) is 16.8 Å². The minimum atomic E-state index is -0.960. The van der Waals surface area contributed by atoms with Gasteiger partial charge in [0.1, 0.15) is 34.5 Å². The molecule has 0 fully saturated rings. The SMILES string of the molecule is C#Cc1ccc2c(c1C#C)-c1c(ccc(C#C)c1C#C)C2(c1ccc(Oc2ccc(N)c(O)c2)cc1)c1ccc(Oc2ccc(N)c(O)c2)cc1. The zero-order valence-corrected chi connectivity index (χ0v) is 27.1. The molecule has 51 heavy (non-hydrogen) atoms. The maximum atomic E-state index is 10.1. The number of fused-ring (bicyclic) bond motifs is 3. The molecule has 7 rings (SSSR count). The summed E-state index contributed by atoms with van der Waals surface area (Å²) in [4.78, 5) is 0. The molecule has 0 bridgehead atoms. The summed E-state index contributed by atoms with van der Waals surface area (Å²) in [6, 6.07) is 32.4. The summed E-state index contributed by atoms with van der Waals surface area (Å²) in [5, 5.41) is 20.2. The molecule has 0 amide bonds. The molecule has 0 atom stereocenters. The van der Waals surface area contributed by atoms with E-state index in [1.165, 1.54) is 12.1 Å². The molecule has 0 heterocycles. The Labute approximate surface area is 295 Å². The van der Waals surface area contributed by atoms with Gasteiger partial charge < -0.3 is 31.2 Å². The summed E-state index contributed by atoms with van der Waals surface area (Å²) in [6.45, 7) is 0. The van der Waals surface area contributed by atoms with Crippen molar-refractivity contribution in [1.82, 2.24) is 0 Å². The van der Waals surface area contributed by atoms with Crippen molar-refractivity contribution in [3.63, 3.8) is 0 Å². The fourth-order valence-electron chi connectivity index (χ4n) is 6.82. The fraction of sp³-hybridized carbons (Fsp3) is 0.0222. The van der Waals surface area contributed by atoms with Gasteiger partial charge in [0.25, 0.3) is 0 Å². The second-order valence-corrected chi connectivity index (χ2v) is 11.8. The number of phenolic OH excluding ortho intramolecular Hbond substituents is 2. The standard InChI is InChI=1S/C45H28N2O4/c1-5-27-9-21-37-43(35(27)7-3)44-36(8-4)28(6-2)10-22-38(44)45(37,29-11-15-31(16-12-29)50-33-19-23-39(46)41(48)25-33)30-13-17-32(18-14-30)51-34-20-24-40(47)42(49)26-34/h1-4,9-26,48-49H,46-47H2. The van der Waals surface area contributed by atoms with Crippen LogP contribution in [0.5, 0.6) is 34.5 Å². The van der Waals surface area contributed by atoms with Gasteiger partial charge in [-0.1, -0.05) is 60.1 Å². The molecule has 0 aliphatic heterocycles. The van der Waals surface area contributed by atoms with Crippen LogP contribution in [0.4, 0.5) is 11.4 Å². The van der Waals surface area contributed by atoms with Gasteiger partial charge >= 0.3 is 0 Å². The highest BCUT2D eigenvalue weighted by atomic mass is 16.5. The second kappa shape index (κ2) is 12.4. The third-order valence-electron chi connectivity index (χ3n) is 9.12. The summed E-state index contributed by atoms with van der Waals surface area (Å²) in [5.41, 5.74) is 18.2. The molecule has 6 N–H and O–H groups in total. The average Bonchev–Trinajstić information content (AvgIpc) is 3.45. The van der Waals surface area contributed by atoms with Crippen molar-refractivity contribution in [2.24, 2.45) is 0 Å². The Hall–Kier alpha value is -7.64. The molecule has 6 aromatic carbocycles. The molecule has 1 aliphatic carbocycles. The number of ether oxygens (including phenoxy) is 2. The van der Waals surface area contributed by atoms with E-state index in [4.69, 9.17) is 46.6 Å². The summed E-state index contributed by atoms with van der Waals surface area (Å²) < 4.78 is 12.2. The Morgan fingerprint density at radius 3 is 1.18 bits per heavy atom. The van der Waals surface area contributed by atoms with Crippen LogP contribution < -0.4 is 20.9 Å². The summed E-state index contributed by atoms with van der Waals surface area (Å²) in [7, 11) is 0. The molecule has 242 valence electrons. The van der Waals surface area contributed by atoms with Gasteiger partial charge in [0, 0.05) is 45.5 Å². The first-order valence-electron chi connectivity index (χ1n) is 15.7. The first-order valence-corrected chi connectivity index (χ1v) is 15.7. The highest BCUT2D eigenvalue weighted by molar-refractivity contribution is 5.95. The summed E-state index contributed by atoms with van der Waals surface area (Å²) >= 11 is 0. The quantitative estimate of drug-likeness (QED) is 0.0815. The highest BCUT2D eigenvalue weighted by Gasteiger charge is 2.48. The zero-order chi connectivity index (χ0) is 35.9. The van der Waals surface area contributed by atoms with Crippen LogP contribution in [0, 0.1) is 49.4 Å². The van der Waals surface area contributed by atoms with Crippen LogP contribution in [0.2, 0.25) is 0 Å².